The molecule has 2 aromatic rings. The van der Waals surface area contributed by atoms with Crippen LogP contribution in [0.3, 0.4) is 0 Å². The van der Waals surface area contributed by atoms with Crippen molar-refractivity contribution >= 4 is 0 Å². The van der Waals surface area contributed by atoms with Crippen LogP contribution in [0.1, 0.15) is 22.9 Å². The Hall–Kier alpha value is -1.71. The topological polar surface area (TPSA) is 28.2 Å². The molecule has 1 aliphatic rings. The Morgan fingerprint density at radius 1 is 1.20 bits per heavy atom. The van der Waals surface area contributed by atoms with Crippen molar-refractivity contribution in [1.29, 1.82) is 0 Å². The SMILES string of the molecule is Cc1cccnc1CN1CCNC(c2ccccc2)C1. The van der Waals surface area contributed by atoms with Gasteiger partial charge in [-0.2, -0.15) is 0 Å². The summed E-state index contributed by atoms with van der Waals surface area (Å²) in [5, 5.41) is 3.60. The molecule has 1 N–H and O–H groups in total. The number of nitrogens with zero attached hydrogens (tertiary/aromatic N) is 2. The molecule has 3 heteroatoms. The van der Waals surface area contributed by atoms with E-state index in [1.54, 1.807) is 0 Å². The molecule has 2 heterocycles. The molecule has 1 aromatic carbocycles. The van der Waals surface area contributed by atoms with Crippen LogP contribution in [0.5, 0.6) is 0 Å². The molecule has 20 heavy (non-hydrogen) atoms. The highest BCUT2D eigenvalue weighted by Crippen LogP contribution is 2.18. The van der Waals surface area contributed by atoms with Crippen LogP contribution in [0, 0.1) is 6.92 Å². The maximum atomic E-state index is 4.51. The maximum absolute atomic E-state index is 4.51. The van der Waals surface area contributed by atoms with Crippen LogP contribution in [-0.4, -0.2) is 29.5 Å². The Bertz CT molecular complexity index is 553. The van der Waals surface area contributed by atoms with Gasteiger partial charge in [0.1, 0.15) is 0 Å². The smallest absolute Gasteiger partial charge is 0.0573 e. The second kappa shape index (κ2) is 6.16. The molecule has 0 radical (unpaired) electrons. The van der Waals surface area contributed by atoms with Crippen LogP contribution >= 0.6 is 0 Å². The van der Waals surface area contributed by atoms with Gasteiger partial charge in [0.15, 0.2) is 0 Å². The Morgan fingerprint density at radius 2 is 2.05 bits per heavy atom. The summed E-state index contributed by atoms with van der Waals surface area (Å²) in [5.74, 6) is 0. The van der Waals surface area contributed by atoms with Crippen molar-refractivity contribution in [2.45, 2.75) is 19.5 Å². The van der Waals surface area contributed by atoms with E-state index in [2.05, 4.69) is 58.5 Å². The van der Waals surface area contributed by atoms with Crippen molar-refractivity contribution in [2.24, 2.45) is 0 Å². The molecule has 104 valence electrons. The molecule has 0 spiro atoms. The minimum absolute atomic E-state index is 0.425. The molecule has 1 unspecified atom stereocenters. The van der Waals surface area contributed by atoms with Gasteiger partial charge < -0.3 is 5.32 Å². The lowest BCUT2D eigenvalue weighted by Gasteiger charge is -2.34. The number of rotatable bonds is 3. The number of benzene rings is 1. The normalized spacial score (nSPS) is 19.9. The van der Waals surface area contributed by atoms with Crippen LogP contribution in [0.25, 0.3) is 0 Å². The van der Waals surface area contributed by atoms with E-state index in [0.29, 0.717) is 6.04 Å². The lowest BCUT2D eigenvalue weighted by Crippen LogP contribution is -2.45. The van der Waals surface area contributed by atoms with Gasteiger partial charge >= 0.3 is 0 Å². The standard InChI is InChI=1S/C17H21N3/c1-14-6-5-9-18-16(14)12-20-11-10-19-17(13-20)15-7-3-2-4-8-15/h2-9,17,19H,10-13H2,1H3. The third kappa shape index (κ3) is 3.06. The minimum Gasteiger partial charge on any atom is -0.308 e. The van der Waals surface area contributed by atoms with Crippen molar-refractivity contribution in [2.75, 3.05) is 19.6 Å². The van der Waals surface area contributed by atoms with Crippen molar-refractivity contribution in [1.82, 2.24) is 15.2 Å². The van der Waals surface area contributed by atoms with Gasteiger partial charge in [0.05, 0.1) is 5.69 Å². The second-order valence-corrected chi connectivity index (χ2v) is 5.42. The number of pyridine rings is 1. The molecule has 1 atom stereocenters. The number of aryl methyl sites for hydroxylation is 1. The van der Waals surface area contributed by atoms with E-state index in [4.69, 9.17) is 0 Å². The lowest BCUT2D eigenvalue weighted by molar-refractivity contribution is 0.191. The largest absolute Gasteiger partial charge is 0.308 e. The number of hydrogen-bond acceptors (Lipinski definition) is 3. The van der Waals surface area contributed by atoms with Gasteiger partial charge in [-0.15, -0.1) is 0 Å². The first-order valence-electron chi connectivity index (χ1n) is 7.24. The first-order chi connectivity index (χ1) is 9.83. The Morgan fingerprint density at radius 3 is 2.85 bits per heavy atom. The Kier molecular flexibility index (Phi) is 4.09. The van der Waals surface area contributed by atoms with E-state index in [1.807, 2.05) is 12.3 Å². The van der Waals surface area contributed by atoms with Crippen molar-refractivity contribution in [3.8, 4) is 0 Å². The number of hydrogen-bond donors (Lipinski definition) is 1. The highest BCUT2D eigenvalue weighted by Gasteiger charge is 2.21. The summed E-state index contributed by atoms with van der Waals surface area (Å²) >= 11 is 0. The lowest BCUT2D eigenvalue weighted by atomic mass is 10.0. The Balaban J connectivity index is 1.68. The average molecular weight is 267 g/mol. The van der Waals surface area contributed by atoms with E-state index in [-0.39, 0.29) is 0 Å². The monoisotopic (exact) mass is 267 g/mol. The van der Waals surface area contributed by atoms with Crippen LogP contribution in [0.2, 0.25) is 0 Å². The van der Waals surface area contributed by atoms with E-state index in [1.165, 1.54) is 16.8 Å². The third-order valence-corrected chi connectivity index (χ3v) is 3.95. The van der Waals surface area contributed by atoms with Crippen LogP contribution in [0.4, 0.5) is 0 Å². The van der Waals surface area contributed by atoms with Crippen LogP contribution in [-0.2, 0) is 6.54 Å². The molecule has 1 aromatic heterocycles. The molecule has 0 saturated carbocycles. The summed E-state index contributed by atoms with van der Waals surface area (Å²) in [6.45, 7) is 6.24. The molecular weight excluding hydrogens is 246 g/mol. The zero-order valence-electron chi connectivity index (χ0n) is 11.9. The van der Waals surface area contributed by atoms with Crippen LogP contribution < -0.4 is 5.32 Å². The predicted octanol–water partition coefficient (Wildman–Crippen LogP) is 2.54. The highest BCUT2D eigenvalue weighted by molar-refractivity contribution is 5.21. The second-order valence-electron chi connectivity index (χ2n) is 5.42. The number of nitrogens with one attached hydrogen (secondary N) is 1. The first kappa shape index (κ1) is 13.3. The molecular formula is C17H21N3. The summed E-state index contributed by atoms with van der Waals surface area (Å²) in [5.41, 5.74) is 3.85. The number of aromatic nitrogens is 1. The molecule has 1 fully saturated rings. The van der Waals surface area contributed by atoms with E-state index < -0.39 is 0 Å². The van der Waals surface area contributed by atoms with Gasteiger partial charge in [-0.05, 0) is 24.1 Å². The molecule has 0 bridgehead atoms. The predicted molar refractivity (Wildman–Crippen MR) is 81.4 cm³/mol. The highest BCUT2D eigenvalue weighted by atomic mass is 15.2. The van der Waals surface area contributed by atoms with Crippen molar-refractivity contribution < 1.29 is 0 Å². The van der Waals surface area contributed by atoms with Gasteiger partial charge in [-0.25, -0.2) is 0 Å². The van der Waals surface area contributed by atoms with E-state index in [9.17, 15) is 0 Å². The molecule has 1 saturated heterocycles. The molecule has 1 aliphatic heterocycles. The zero-order chi connectivity index (χ0) is 13.8. The van der Waals surface area contributed by atoms with Crippen LogP contribution in [0.15, 0.2) is 48.7 Å². The fourth-order valence-corrected chi connectivity index (χ4v) is 2.76. The minimum atomic E-state index is 0.425. The van der Waals surface area contributed by atoms with E-state index in [0.717, 1.165) is 26.2 Å². The van der Waals surface area contributed by atoms with Gasteiger partial charge in [0.25, 0.3) is 0 Å². The number of piperazine rings is 1. The first-order valence-corrected chi connectivity index (χ1v) is 7.24. The van der Waals surface area contributed by atoms with Crippen molar-refractivity contribution in [3.05, 3.63) is 65.5 Å². The van der Waals surface area contributed by atoms with Gasteiger partial charge in [-0.1, -0.05) is 36.4 Å². The quantitative estimate of drug-likeness (QED) is 0.926. The summed E-state index contributed by atoms with van der Waals surface area (Å²) in [7, 11) is 0. The molecule has 3 nitrogen and oxygen atoms in total. The van der Waals surface area contributed by atoms with Gasteiger partial charge in [-0.3, -0.25) is 9.88 Å². The summed E-state index contributed by atoms with van der Waals surface area (Å²) in [6.07, 6.45) is 1.89. The molecule has 0 amide bonds. The summed E-state index contributed by atoms with van der Waals surface area (Å²) in [6, 6.07) is 15.3. The van der Waals surface area contributed by atoms with Gasteiger partial charge in [0, 0.05) is 38.4 Å². The fourth-order valence-electron chi connectivity index (χ4n) is 2.76. The molecule has 3 rings (SSSR count). The zero-order valence-corrected chi connectivity index (χ0v) is 11.9. The summed E-state index contributed by atoms with van der Waals surface area (Å²) in [4.78, 5) is 7.00. The fraction of sp³-hybridized carbons (Fsp3) is 0.353. The third-order valence-electron chi connectivity index (χ3n) is 3.95. The van der Waals surface area contributed by atoms with Crippen molar-refractivity contribution in [3.63, 3.8) is 0 Å². The maximum Gasteiger partial charge on any atom is 0.0573 e. The summed E-state index contributed by atoms with van der Waals surface area (Å²) < 4.78 is 0. The van der Waals surface area contributed by atoms with E-state index >= 15 is 0 Å². The van der Waals surface area contributed by atoms with Gasteiger partial charge in [0.2, 0.25) is 0 Å². The average Bonchev–Trinajstić information content (AvgIpc) is 2.51. The molecule has 0 aliphatic carbocycles. The Labute approximate surface area is 120 Å².